The van der Waals surface area contributed by atoms with Crippen LogP contribution < -0.4 is 0 Å². The fourth-order valence-corrected chi connectivity index (χ4v) is 2.19. The highest BCUT2D eigenvalue weighted by Crippen LogP contribution is 2.23. The number of nitrogens with zero attached hydrogens (tertiary/aromatic N) is 2. The van der Waals surface area contributed by atoms with E-state index in [0.717, 1.165) is 31.7 Å². The van der Waals surface area contributed by atoms with Crippen LogP contribution in [-0.4, -0.2) is 22.8 Å². The lowest BCUT2D eigenvalue weighted by molar-refractivity contribution is 0.139. The molecule has 0 fully saturated rings. The van der Waals surface area contributed by atoms with Gasteiger partial charge < -0.3 is 9.30 Å². The van der Waals surface area contributed by atoms with Crippen LogP contribution >= 0.6 is 0 Å². The Labute approximate surface area is 109 Å². The molecule has 1 heterocycles. The molecule has 0 saturated carbocycles. The highest BCUT2D eigenvalue weighted by atomic mass is 16.5. The summed E-state index contributed by atoms with van der Waals surface area (Å²) in [6.07, 6.45) is 1.11. The topological polar surface area (TPSA) is 27.1 Å². The van der Waals surface area contributed by atoms with Gasteiger partial charge in [-0.1, -0.05) is 26.0 Å². The quantitative estimate of drug-likeness (QED) is 0.728. The van der Waals surface area contributed by atoms with Crippen LogP contribution in [0.4, 0.5) is 0 Å². The van der Waals surface area contributed by atoms with Crippen molar-refractivity contribution >= 4 is 11.0 Å². The molecule has 0 spiro atoms. The van der Waals surface area contributed by atoms with E-state index in [0.29, 0.717) is 5.92 Å². The van der Waals surface area contributed by atoms with E-state index in [2.05, 4.69) is 36.6 Å². The molecule has 0 saturated heterocycles. The van der Waals surface area contributed by atoms with Crippen molar-refractivity contribution in [2.75, 3.05) is 13.2 Å². The SMILES string of the molecule is CCOCCn1c(C(C)CC)nc2ccccc21. The minimum Gasteiger partial charge on any atom is -0.380 e. The number of rotatable bonds is 6. The molecule has 3 nitrogen and oxygen atoms in total. The first kappa shape index (κ1) is 13.1. The number of fused-ring (bicyclic) bond motifs is 1. The van der Waals surface area contributed by atoms with Crippen LogP contribution in [0.15, 0.2) is 24.3 Å². The Kier molecular flexibility index (Phi) is 4.37. The van der Waals surface area contributed by atoms with Gasteiger partial charge in [-0.3, -0.25) is 0 Å². The van der Waals surface area contributed by atoms with Gasteiger partial charge in [0.2, 0.25) is 0 Å². The first-order chi connectivity index (χ1) is 8.77. The van der Waals surface area contributed by atoms with Gasteiger partial charge in [-0.15, -0.1) is 0 Å². The van der Waals surface area contributed by atoms with Gasteiger partial charge in [-0.25, -0.2) is 4.98 Å². The third kappa shape index (κ3) is 2.56. The van der Waals surface area contributed by atoms with E-state index in [-0.39, 0.29) is 0 Å². The highest BCUT2D eigenvalue weighted by molar-refractivity contribution is 5.76. The van der Waals surface area contributed by atoms with Crippen molar-refractivity contribution in [3.8, 4) is 0 Å². The zero-order valence-electron chi connectivity index (χ0n) is 11.5. The van der Waals surface area contributed by atoms with E-state index < -0.39 is 0 Å². The van der Waals surface area contributed by atoms with Gasteiger partial charge in [0.15, 0.2) is 0 Å². The molecule has 3 heteroatoms. The summed E-state index contributed by atoms with van der Waals surface area (Å²) in [5.74, 6) is 1.66. The number of aromatic nitrogens is 2. The van der Waals surface area contributed by atoms with Crippen molar-refractivity contribution in [3.63, 3.8) is 0 Å². The van der Waals surface area contributed by atoms with E-state index in [1.54, 1.807) is 0 Å². The van der Waals surface area contributed by atoms with E-state index in [1.807, 2.05) is 13.0 Å². The first-order valence-corrected chi connectivity index (χ1v) is 6.80. The van der Waals surface area contributed by atoms with E-state index in [4.69, 9.17) is 9.72 Å². The Balaban J connectivity index is 2.37. The Morgan fingerprint density at radius 1 is 1.28 bits per heavy atom. The lowest BCUT2D eigenvalue weighted by Gasteiger charge is -2.13. The maximum atomic E-state index is 5.48. The molecular weight excluding hydrogens is 224 g/mol. The van der Waals surface area contributed by atoms with Gasteiger partial charge in [-0.2, -0.15) is 0 Å². The molecule has 1 atom stereocenters. The monoisotopic (exact) mass is 246 g/mol. The molecule has 0 aliphatic heterocycles. The minimum absolute atomic E-state index is 0.485. The molecule has 0 radical (unpaired) electrons. The second-order valence-corrected chi connectivity index (χ2v) is 4.62. The average Bonchev–Trinajstić information content (AvgIpc) is 2.77. The van der Waals surface area contributed by atoms with Crippen molar-refractivity contribution in [2.45, 2.75) is 39.7 Å². The zero-order chi connectivity index (χ0) is 13.0. The van der Waals surface area contributed by atoms with Crippen LogP contribution in [-0.2, 0) is 11.3 Å². The van der Waals surface area contributed by atoms with Gasteiger partial charge in [0.05, 0.1) is 17.6 Å². The van der Waals surface area contributed by atoms with Crippen LogP contribution in [0.5, 0.6) is 0 Å². The smallest absolute Gasteiger partial charge is 0.112 e. The number of imidazole rings is 1. The number of hydrogen-bond donors (Lipinski definition) is 0. The molecular formula is C15H22N2O. The lowest BCUT2D eigenvalue weighted by Crippen LogP contribution is -2.11. The molecule has 0 N–H and O–H groups in total. The summed E-state index contributed by atoms with van der Waals surface area (Å²) in [6.45, 7) is 8.87. The Morgan fingerprint density at radius 2 is 2.06 bits per heavy atom. The molecule has 0 aliphatic carbocycles. The maximum Gasteiger partial charge on any atom is 0.112 e. The second kappa shape index (κ2) is 6.01. The van der Waals surface area contributed by atoms with Gasteiger partial charge in [0.1, 0.15) is 5.82 Å². The standard InChI is InChI=1S/C15H22N2O/c1-4-12(3)15-16-13-8-6-7-9-14(13)17(15)10-11-18-5-2/h6-9,12H,4-5,10-11H2,1-3H3. The summed E-state index contributed by atoms with van der Waals surface area (Å²) >= 11 is 0. The fourth-order valence-electron chi connectivity index (χ4n) is 2.19. The molecule has 0 bridgehead atoms. The minimum atomic E-state index is 0.485. The van der Waals surface area contributed by atoms with Crippen molar-refractivity contribution < 1.29 is 4.74 Å². The number of hydrogen-bond acceptors (Lipinski definition) is 2. The van der Waals surface area contributed by atoms with Crippen LogP contribution in [0.2, 0.25) is 0 Å². The summed E-state index contributed by atoms with van der Waals surface area (Å²) in [5, 5.41) is 0. The summed E-state index contributed by atoms with van der Waals surface area (Å²) < 4.78 is 7.78. The summed E-state index contributed by atoms with van der Waals surface area (Å²) in [4.78, 5) is 4.77. The number of benzene rings is 1. The van der Waals surface area contributed by atoms with E-state index >= 15 is 0 Å². The van der Waals surface area contributed by atoms with E-state index in [9.17, 15) is 0 Å². The predicted molar refractivity (Wildman–Crippen MR) is 74.9 cm³/mol. The van der Waals surface area contributed by atoms with Crippen molar-refractivity contribution in [1.29, 1.82) is 0 Å². The van der Waals surface area contributed by atoms with E-state index in [1.165, 1.54) is 11.3 Å². The maximum absolute atomic E-state index is 5.48. The molecule has 0 aliphatic rings. The molecule has 98 valence electrons. The molecule has 1 unspecified atom stereocenters. The van der Waals surface area contributed by atoms with Gasteiger partial charge in [-0.05, 0) is 25.5 Å². The third-order valence-electron chi connectivity index (χ3n) is 3.40. The summed E-state index contributed by atoms with van der Waals surface area (Å²) in [6, 6.07) is 8.34. The average molecular weight is 246 g/mol. The van der Waals surface area contributed by atoms with Crippen molar-refractivity contribution in [2.24, 2.45) is 0 Å². The first-order valence-electron chi connectivity index (χ1n) is 6.80. The van der Waals surface area contributed by atoms with Crippen LogP contribution in [0.3, 0.4) is 0 Å². The Hall–Kier alpha value is -1.35. The lowest BCUT2D eigenvalue weighted by atomic mass is 10.1. The third-order valence-corrected chi connectivity index (χ3v) is 3.40. The zero-order valence-corrected chi connectivity index (χ0v) is 11.5. The molecule has 18 heavy (non-hydrogen) atoms. The second-order valence-electron chi connectivity index (χ2n) is 4.62. The largest absolute Gasteiger partial charge is 0.380 e. The van der Waals surface area contributed by atoms with Crippen LogP contribution in [0, 0.1) is 0 Å². The number of ether oxygens (including phenoxy) is 1. The molecule has 0 amide bonds. The van der Waals surface area contributed by atoms with Crippen molar-refractivity contribution in [3.05, 3.63) is 30.1 Å². The molecule has 1 aromatic carbocycles. The van der Waals surface area contributed by atoms with Crippen molar-refractivity contribution in [1.82, 2.24) is 9.55 Å². The van der Waals surface area contributed by atoms with Crippen LogP contribution in [0.1, 0.15) is 38.9 Å². The Morgan fingerprint density at radius 3 is 2.78 bits per heavy atom. The molecule has 1 aromatic heterocycles. The van der Waals surface area contributed by atoms with Gasteiger partial charge >= 0.3 is 0 Å². The number of para-hydroxylation sites is 2. The summed E-state index contributed by atoms with van der Waals surface area (Å²) in [7, 11) is 0. The van der Waals surface area contributed by atoms with Gasteiger partial charge in [0.25, 0.3) is 0 Å². The fraction of sp³-hybridized carbons (Fsp3) is 0.533. The van der Waals surface area contributed by atoms with Crippen LogP contribution in [0.25, 0.3) is 11.0 Å². The Bertz CT molecular complexity index is 504. The highest BCUT2D eigenvalue weighted by Gasteiger charge is 2.14. The van der Waals surface area contributed by atoms with Gasteiger partial charge in [0, 0.05) is 19.1 Å². The molecule has 2 aromatic rings. The normalized spacial score (nSPS) is 13.1. The summed E-state index contributed by atoms with van der Waals surface area (Å²) in [5.41, 5.74) is 2.30. The molecule has 2 rings (SSSR count). The predicted octanol–water partition coefficient (Wildman–Crippen LogP) is 3.59.